The fraction of sp³-hybridized carbons (Fsp3) is 0.208. The van der Waals surface area contributed by atoms with Crippen molar-refractivity contribution in [1.29, 1.82) is 0 Å². The van der Waals surface area contributed by atoms with E-state index in [4.69, 9.17) is 44.3 Å². The number of methoxy groups -OCH3 is 2. The van der Waals surface area contributed by atoms with Crippen molar-refractivity contribution >= 4 is 56.4 Å². The van der Waals surface area contributed by atoms with Gasteiger partial charge in [-0.1, -0.05) is 46.9 Å². The van der Waals surface area contributed by atoms with E-state index in [2.05, 4.69) is 5.32 Å². The van der Waals surface area contributed by atoms with E-state index >= 15 is 0 Å². The van der Waals surface area contributed by atoms with Gasteiger partial charge in [0.25, 0.3) is 10.0 Å². The average Bonchev–Trinajstić information content (AvgIpc) is 2.84. The van der Waals surface area contributed by atoms with Gasteiger partial charge in [0.15, 0.2) is 0 Å². The molecule has 0 aliphatic heterocycles. The normalized spacial score (nSPS) is 12.1. The number of ether oxygens (including phenoxy) is 2. The summed E-state index contributed by atoms with van der Waals surface area (Å²) >= 11 is 18.2. The van der Waals surface area contributed by atoms with E-state index in [1.165, 1.54) is 37.4 Å². The van der Waals surface area contributed by atoms with Crippen LogP contribution in [0.4, 0.5) is 5.69 Å². The van der Waals surface area contributed by atoms with Crippen molar-refractivity contribution in [2.24, 2.45) is 0 Å². The largest absolute Gasteiger partial charge is 0.497 e. The molecule has 0 radical (unpaired) electrons. The molecule has 1 amide bonds. The van der Waals surface area contributed by atoms with E-state index in [9.17, 15) is 13.2 Å². The van der Waals surface area contributed by atoms with Gasteiger partial charge in [-0.15, -0.1) is 0 Å². The molecule has 11 heteroatoms. The third-order valence-corrected chi connectivity index (χ3v) is 7.90. The van der Waals surface area contributed by atoms with Crippen molar-refractivity contribution in [1.82, 2.24) is 5.32 Å². The van der Waals surface area contributed by atoms with Crippen molar-refractivity contribution < 1.29 is 22.7 Å². The number of anilines is 1. The minimum Gasteiger partial charge on any atom is -0.497 e. The van der Waals surface area contributed by atoms with Crippen molar-refractivity contribution in [3.05, 3.63) is 81.3 Å². The van der Waals surface area contributed by atoms with Crippen LogP contribution in [0.25, 0.3) is 0 Å². The second-order valence-corrected chi connectivity index (χ2v) is 10.6. The van der Waals surface area contributed by atoms with Crippen LogP contribution in [0.3, 0.4) is 0 Å². The van der Waals surface area contributed by atoms with E-state index in [1.54, 1.807) is 32.2 Å². The zero-order chi connectivity index (χ0) is 25.8. The van der Waals surface area contributed by atoms with E-state index in [1.807, 2.05) is 12.1 Å². The van der Waals surface area contributed by atoms with Crippen LogP contribution in [0.1, 0.15) is 18.5 Å². The summed E-state index contributed by atoms with van der Waals surface area (Å²) in [6, 6.07) is 15.2. The summed E-state index contributed by atoms with van der Waals surface area (Å²) in [4.78, 5) is 12.9. The maximum atomic E-state index is 13.7. The maximum absolute atomic E-state index is 13.7. The summed E-state index contributed by atoms with van der Waals surface area (Å²) in [7, 11) is -1.32. The van der Waals surface area contributed by atoms with Crippen molar-refractivity contribution in [3.63, 3.8) is 0 Å². The molecular formula is C24H23Cl3N2O5S. The molecule has 0 bridgehead atoms. The fourth-order valence-corrected chi connectivity index (χ4v) is 5.29. The van der Waals surface area contributed by atoms with Crippen molar-refractivity contribution in [2.45, 2.75) is 17.9 Å². The molecule has 0 aliphatic carbocycles. The Morgan fingerprint density at radius 1 is 0.943 bits per heavy atom. The summed E-state index contributed by atoms with van der Waals surface area (Å²) in [6.07, 6.45) is 0. The Bertz CT molecular complexity index is 1320. The lowest BCUT2D eigenvalue weighted by Crippen LogP contribution is -2.41. The molecule has 0 fully saturated rings. The minimum absolute atomic E-state index is 0.0586. The molecule has 7 nitrogen and oxygen atoms in total. The summed E-state index contributed by atoms with van der Waals surface area (Å²) in [6.45, 7) is 1.25. The molecule has 0 aromatic heterocycles. The summed E-state index contributed by atoms with van der Waals surface area (Å²) in [5, 5.41) is 3.35. The van der Waals surface area contributed by atoms with Gasteiger partial charge in [-0.05, 0) is 61.0 Å². The highest BCUT2D eigenvalue weighted by atomic mass is 35.5. The molecular weight excluding hydrogens is 535 g/mol. The zero-order valence-corrected chi connectivity index (χ0v) is 22.2. The number of sulfonamides is 1. The SMILES string of the molecule is COc1ccc(C(C)NC(=O)CN(c2cc(Cl)ccc2OC)S(=O)(=O)c2ccc(Cl)c(Cl)c2)cc1. The van der Waals surface area contributed by atoms with Crippen LogP contribution < -0.4 is 19.1 Å². The van der Waals surface area contributed by atoms with Crippen LogP contribution in [0.5, 0.6) is 11.5 Å². The van der Waals surface area contributed by atoms with Crippen LogP contribution in [0, 0.1) is 0 Å². The first-order chi connectivity index (χ1) is 16.6. The summed E-state index contributed by atoms with van der Waals surface area (Å²) < 4.78 is 38.8. The minimum atomic E-state index is -4.27. The average molecular weight is 558 g/mol. The third-order valence-electron chi connectivity index (χ3n) is 5.17. The molecule has 0 spiro atoms. The lowest BCUT2D eigenvalue weighted by molar-refractivity contribution is -0.120. The van der Waals surface area contributed by atoms with Crippen LogP contribution in [0.2, 0.25) is 15.1 Å². The number of nitrogens with one attached hydrogen (secondary N) is 1. The number of carbonyl (C=O) groups excluding carboxylic acids is 1. The highest BCUT2D eigenvalue weighted by Crippen LogP contribution is 2.36. The van der Waals surface area contributed by atoms with Gasteiger partial charge >= 0.3 is 0 Å². The number of benzene rings is 3. The summed E-state index contributed by atoms with van der Waals surface area (Å²) in [5.74, 6) is 0.354. The molecule has 186 valence electrons. The Morgan fingerprint density at radius 3 is 2.23 bits per heavy atom. The molecule has 3 rings (SSSR count). The number of halogens is 3. The molecule has 0 saturated heterocycles. The highest BCUT2D eigenvalue weighted by molar-refractivity contribution is 7.92. The Morgan fingerprint density at radius 2 is 1.63 bits per heavy atom. The van der Waals surface area contributed by atoms with E-state index < -0.39 is 28.5 Å². The highest BCUT2D eigenvalue weighted by Gasteiger charge is 2.30. The number of hydrogen-bond donors (Lipinski definition) is 1. The first-order valence-electron chi connectivity index (χ1n) is 10.3. The standard InChI is InChI=1S/C24H23Cl3N2O5S/c1-15(16-4-7-18(33-2)8-5-16)28-24(30)14-29(22-12-17(25)6-11-23(22)34-3)35(31,32)19-9-10-20(26)21(27)13-19/h4-13,15H,14H2,1-3H3,(H,28,30). The second kappa shape index (κ2) is 11.4. The van der Waals surface area contributed by atoms with E-state index in [0.717, 1.165) is 9.87 Å². The lowest BCUT2D eigenvalue weighted by atomic mass is 10.1. The number of nitrogens with zero attached hydrogens (tertiary/aromatic N) is 1. The van der Waals surface area contributed by atoms with Gasteiger partial charge in [0.1, 0.15) is 18.0 Å². The van der Waals surface area contributed by atoms with Gasteiger partial charge < -0.3 is 14.8 Å². The van der Waals surface area contributed by atoms with Crippen LogP contribution >= 0.6 is 34.8 Å². The molecule has 0 heterocycles. The van der Waals surface area contributed by atoms with Crippen LogP contribution in [-0.4, -0.2) is 35.1 Å². The van der Waals surface area contributed by atoms with Crippen molar-refractivity contribution in [2.75, 3.05) is 25.1 Å². The van der Waals surface area contributed by atoms with Crippen LogP contribution in [0.15, 0.2) is 65.6 Å². The molecule has 1 N–H and O–H groups in total. The first-order valence-corrected chi connectivity index (χ1v) is 12.9. The molecule has 0 saturated carbocycles. The zero-order valence-electron chi connectivity index (χ0n) is 19.1. The van der Waals surface area contributed by atoms with E-state index in [-0.39, 0.29) is 31.4 Å². The number of rotatable bonds is 9. The van der Waals surface area contributed by atoms with Gasteiger partial charge in [0.2, 0.25) is 5.91 Å². The molecule has 3 aromatic rings. The van der Waals surface area contributed by atoms with Gasteiger partial charge in [-0.3, -0.25) is 9.10 Å². The quantitative estimate of drug-likeness (QED) is 0.363. The molecule has 3 aromatic carbocycles. The number of carbonyl (C=O) groups is 1. The Balaban J connectivity index is 1.97. The van der Waals surface area contributed by atoms with Crippen LogP contribution in [-0.2, 0) is 14.8 Å². The molecule has 1 unspecified atom stereocenters. The van der Waals surface area contributed by atoms with Gasteiger partial charge in [-0.2, -0.15) is 0 Å². The molecule has 35 heavy (non-hydrogen) atoms. The topological polar surface area (TPSA) is 84.9 Å². The third kappa shape index (κ3) is 6.32. The predicted molar refractivity (Wildman–Crippen MR) is 139 cm³/mol. The Labute approximate surface area is 219 Å². The smallest absolute Gasteiger partial charge is 0.264 e. The number of amides is 1. The Kier molecular flexibility index (Phi) is 8.77. The first kappa shape index (κ1) is 26.9. The van der Waals surface area contributed by atoms with Crippen molar-refractivity contribution in [3.8, 4) is 11.5 Å². The second-order valence-electron chi connectivity index (χ2n) is 7.47. The summed E-state index contributed by atoms with van der Waals surface area (Å²) in [5.41, 5.74) is 0.914. The fourth-order valence-electron chi connectivity index (χ4n) is 3.32. The molecule has 1 atom stereocenters. The Hall–Kier alpha value is -2.65. The number of hydrogen-bond acceptors (Lipinski definition) is 5. The van der Waals surface area contributed by atoms with Gasteiger partial charge in [-0.25, -0.2) is 8.42 Å². The lowest BCUT2D eigenvalue weighted by Gasteiger charge is -2.26. The maximum Gasteiger partial charge on any atom is 0.264 e. The monoisotopic (exact) mass is 556 g/mol. The van der Waals surface area contributed by atoms with Gasteiger partial charge in [0.05, 0.1) is 40.9 Å². The molecule has 0 aliphatic rings. The predicted octanol–water partition coefficient (Wildman–Crippen LogP) is 5.74. The van der Waals surface area contributed by atoms with Gasteiger partial charge in [0, 0.05) is 5.02 Å². The van der Waals surface area contributed by atoms with E-state index in [0.29, 0.717) is 5.75 Å².